The lowest BCUT2D eigenvalue weighted by atomic mass is 9.95. The molecule has 0 aliphatic heterocycles. The molecule has 0 heterocycles. The third kappa shape index (κ3) is 3.53. The van der Waals surface area contributed by atoms with Crippen molar-refractivity contribution < 1.29 is 19.4 Å². The van der Waals surface area contributed by atoms with Crippen LogP contribution < -0.4 is 20.1 Å². The molecular weight excluding hydrogens is 320 g/mol. The molecule has 0 saturated heterocycles. The number of rotatable bonds is 5. The molecule has 132 valence electrons. The summed E-state index contributed by atoms with van der Waals surface area (Å²) in [5, 5.41) is 16.5. The number of nitrogens with one attached hydrogen (secondary N) is 2. The maximum Gasteiger partial charge on any atom is 0.319 e. The highest BCUT2D eigenvalue weighted by Gasteiger charge is 2.38. The smallest absolute Gasteiger partial charge is 0.319 e. The van der Waals surface area contributed by atoms with Crippen molar-refractivity contribution in [1.29, 1.82) is 0 Å². The van der Waals surface area contributed by atoms with Gasteiger partial charge in [0.05, 0.1) is 20.8 Å². The van der Waals surface area contributed by atoms with E-state index in [4.69, 9.17) is 9.47 Å². The zero-order valence-electron chi connectivity index (χ0n) is 14.3. The van der Waals surface area contributed by atoms with E-state index in [0.717, 1.165) is 11.1 Å². The Kier molecular flexibility index (Phi) is 4.81. The first kappa shape index (κ1) is 17.1. The van der Waals surface area contributed by atoms with Crippen LogP contribution in [0.3, 0.4) is 0 Å². The van der Waals surface area contributed by atoms with Gasteiger partial charge in [0.15, 0.2) is 11.5 Å². The summed E-state index contributed by atoms with van der Waals surface area (Å²) in [7, 11) is 3.14. The molecule has 3 N–H and O–H groups in total. The largest absolute Gasteiger partial charge is 0.493 e. The molecule has 2 aromatic carbocycles. The van der Waals surface area contributed by atoms with Crippen LogP contribution in [0, 0.1) is 0 Å². The van der Waals surface area contributed by atoms with E-state index in [1.165, 1.54) is 0 Å². The number of carbonyl (C=O) groups excluding carboxylic acids is 1. The lowest BCUT2D eigenvalue weighted by molar-refractivity contribution is 0.0415. The normalized spacial score (nSPS) is 18.4. The number of methoxy groups -OCH3 is 2. The zero-order valence-corrected chi connectivity index (χ0v) is 14.3. The lowest BCUT2D eigenvalue weighted by Crippen LogP contribution is -2.41. The molecule has 0 fully saturated rings. The van der Waals surface area contributed by atoms with E-state index in [2.05, 4.69) is 10.6 Å². The Balaban J connectivity index is 1.71. The summed E-state index contributed by atoms with van der Waals surface area (Å²) in [6.45, 7) is 0.119. The van der Waals surface area contributed by atoms with Crippen LogP contribution in [0.2, 0.25) is 0 Å². The summed E-state index contributed by atoms with van der Waals surface area (Å²) in [4.78, 5) is 12.1. The van der Waals surface area contributed by atoms with Crippen LogP contribution >= 0.6 is 0 Å². The fourth-order valence-electron chi connectivity index (χ4n) is 3.14. The van der Waals surface area contributed by atoms with Crippen LogP contribution in [-0.2, 0) is 12.0 Å². The van der Waals surface area contributed by atoms with Crippen LogP contribution in [-0.4, -0.2) is 31.9 Å². The summed E-state index contributed by atoms with van der Waals surface area (Å²) in [6, 6.07) is 12.5. The Morgan fingerprint density at radius 1 is 1.16 bits per heavy atom. The topological polar surface area (TPSA) is 79.8 Å². The van der Waals surface area contributed by atoms with E-state index in [1.54, 1.807) is 32.4 Å². The van der Waals surface area contributed by atoms with Gasteiger partial charge in [0, 0.05) is 5.69 Å². The predicted octanol–water partition coefficient (Wildman–Crippen LogP) is 2.66. The van der Waals surface area contributed by atoms with Crippen molar-refractivity contribution in [3.63, 3.8) is 0 Å². The van der Waals surface area contributed by atoms with Crippen molar-refractivity contribution in [1.82, 2.24) is 5.32 Å². The number of aliphatic hydroxyl groups is 1. The molecule has 2 aromatic rings. The van der Waals surface area contributed by atoms with Crippen molar-refractivity contribution in [2.75, 3.05) is 26.1 Å². The number of carbonyl (C=O) groups is 1. The SMILES string of the molecule is COc1cc2c(cc1OC)C(O)(CNC(=O)Nc1ccccc1)CC2. The van der Waals surface area contributed by atoms with Gasteiger partial charge in [0.25, 0.3) is 0 Å². The van der Waals surface area contributed by atoms with Gasteiger partial charge >= 0.3 is 6.03 Å². The zero-order chi connectivity index (χ0) is 17.9. The van der Waals surface area contributed by atoms with Crippen molar-refractivity contribution in [3.8, 4) is 11.5 Å². The number of anilines is 1. The second-order valence-corrected chi connectivity index (χ2v) is 6.07. The molecule has 0 spiro atoms. The Bertz CT molecular complexity index is 764. The first-order chi connectivity index (χ1) is 12.1. The molecule has 1 aliphatic rings. The highest BCUT2D eigenvalue weighted by Crippen LogP contribution is 2.42. The Morgan fingerprint density at radius 2 is 1.84 bits per heavy atom. The van der Waals surface area contributed by atoms with Crippen LogP contribution in [0.1, 0.15) is 17.5 Å². The second kappa shape index (κ2) is 7.03. The number of fused-ring (bicyclic) bond motifs is 1. The molecule has 3 rings (SSSR count). The monoisotopic (exact) mass is 342 g/mol. The van der Waals surface area contributed by atoms with Gasteiger partial charge in [0.1, 0.15) is 5.60 Å². The number of aryl methyl sites for hydroxylation is 1. The van der Waals surface area contributed by atoms with Gasteiger partial charge in [0.2, 0.25) is 0 Å². The van der Waals surface area contributed by atoms with Gasteiger partial charge in [-0.1, -0.05) is 18.2 Å². The molecule has 1 aliphatic carbocycles. The quantitative estimate of drug-likeness (QED) is 0.780. The lowest BCUT2D eigenvalue weighted by Gasteiger charge is -2.25. The van der Waals surface area contributed by atoms with Gasteiger partial charge in [-0.15, -0.1) is 0 Å². The van der Waals surface area contributed by atoms with Crippen LogP contribution in [0.4, 0.5) is 10.5 Å². The standard InChI is InChI=1S/C19H22N2O4/c1-24-16-10-13-8-9-19(23,15(13)11-17(16)25-2)12-20-18(22)21-14-6-4-3-5-7-14/h3-7,10-11,23H,8-9,12H2,1-2H3,(H2,20,21,22). The van der Waals surface area contributed by atoms with Gasteiger partial charge in [-0.05, 0) is 48.2 Å². The average molecular weight is 342 g/mol. The minimum absolute atomic E-state index is 0.119. The van der Waals surface area contributed by atoms with E-state index >= 15 is 0 Å². The van der Waals surface area contributed by atoms with Crippen LogP contribution in [0.15, 0.2) is 42.5 Å². The van der Waals surface area contributed by atoms with E-state index in [1.807, 2.05) is 24.3 Å². The molecule has 1 atom stereocenters. The molecular formula is C19H22N2O4. The van der Waals surface area contributed by atoms with E-state index < -0.39 is 5.60 Å². The number of urea groups is 1. The first-order valence-corrected chi connectivity index (χ1v) is 8.13. The Labute approximate surface area is 146 Å². The maximum absolute atomic E-state index is 12.1. The minimum Gasteiger partial charge on any atom is -0.493 e. The summed E-state index contributed by atoms with van der Waals surface area (Å²) >= 11 is 0. The fourth-order valence-corrected chi connectivity index (χ4v) is 3.14. The van der Waals surface area contributed by atoms with Crippen molar-refractivity contribution in [3.05, 3.63) is 53.6 Å². The van der Waals surface area contributed by atoms with Crippen LogP contribution in [0.5, 0.6) is 11.5 Å². The van der Waals surface area contributed by atoms with Gasteiger partial charge in [-0.25, -0.2) is 4.79 Å². The van der Waals surface area contributed by atoms with E-state index in [9.17, 15) is 9.90 Å². The number of benzene rings is 2. The molecule has 6 heteroatoms. The summed E-state index contributed by atoms with van der Waals surface area (Å²) in [6.07, 6.45) is 1.25. The fraction of sp³-hybridized carbons (Fsp3) is 0.316. The number of hydrogen-bond donors (Lipinski definition) is 3. The molecule has 2 amide bonds. The van der Waals surface area contributed by atoms with Gasteiger partial charge in [-0.3, -0.25) is 0 Å². The summed E-state index contributed by atoms with van der Waals surface area (Å²) in [5.41, 5.74) is 1.35. The molecule has 0 aromatic heterocycles. The molecule has 0 bridgehead atoms. The first-order valence-electron chi connectivity index (χ1n) is 8.13. The third-order valence-corrected chi connectivity index (χ3v) is 4.49. The molecule has 0 saturated carbocycles. The third-order valence-electron chi connectivity index (χ3n) is 4.49. The highest BCUT2D eigenvalue weighted by atomic mass is 16.5. The predicted molar refractivity (Wildman–Crippen MR) is 95.2 cm³/mol. The van der Waals surface area contributed by atoms with E-state index in [-0.39, 0.29) is 12.6 Å². The number of amides is 2. The Hall–Kier alpha value is -2.73. The maximum atomic E-state index is 12.1. The van der Waals surface area contributed by atoms with Crippen molar-refractivity contribution in [2.45, 2.75) is 18.4 Å². The van der Waals surface area contributed by atoms with Gasteiger partial charge < -0.3 is 25.2 Å². The van der Waals surface area contributed by atoms with Crippen molar-refractivity contribution >= 4 is 11.7 Å². The summed E-state index contributed by atoms with van der Waals surface area (Å²) in [5.74, 6) is 1.20. The van der Waals surface area contributed by atoms with E-state index in [0.29, 0.717) is 30.0 Å². The number of ether oxygens (including phenoxy) is 2. The highest BCUT2D eigenvalue weighted by molar-refractivity contribution is 5.89. The molecule has 25 heavy (non-hydrogen) atoms. The second-order valence-electron chi connectivity index (χ2n) is 6.07. The minimum atomic E-state index is -1.12. The Morgan fingerprint density at radius 3 is 2.52 bits per heavy atom. The molecule has 6 nitrogen and oxygen atoms in total. The summed E-state index contributed by atoms with van der Waals surface area (Å²) < 4.78 is 10.6. The number of para-hydroxylation sites is 1. The van der Waals surface area contributed by atoms with Gasteiger partial charge in [-0.2, -0.15) is 0 Å². The number of hydrogen-bond acceptors (Lipinski definition) is 4. The van der Waals surface area contributed by atoms with Crippen molar-refractivity contribution in [2.24, 2.45) is 0 Å². The van der Waals surface area contributed by atoms with Crippen LogP contribution in [0.25, 0.3) is 0 Å². The molecule has 0 radical (unpaired) electrons. The average Bonchev–Trinajstić information content (AvgIpc) is 2.96. The molecule has 1 unspecified atom stereocenters.